The van der Waals surface area contributed by atoms with Gasteiger partial charge in [0.2, 0.25) is 0 Å². The minimum atomic E-state index is -0.923. The van der Waals surface area contributed by atoms with E-state index in [1.807, 2.05) is 97.1 Å². The van der Waals surface area contributed by atoms with Gasteiger partial charge in [0.1, 0.15) is 17.8 Å². The Balaban J connectivity index is 1.19. The van der Waals surface area contributed by atoms with Gasteiger partial charge in [0.15, 0.2) is 0 Å². The van der Waals surface area contributed by atoms with Gasteiger partial charge in [-0.2, -0.15) is 0 Å². The van der Waals surface area contributed by atoms with Crippen LogP contribution in [0.4, 0.5) is 0 Å². The molecular formula is C40H34O5. The Kier molecular flexibility index (Phi) is 8.02. The van der Waals surface area contributed by atoms with Gasteiger partial charge in [-0.1, -0.05) is 133 Å². The highest BCUT2D eigenvalue weighted by Crippen LogP contribution is 2.46. The maximum absolute atomic E-state index is 13.5. The first-order valence-corrected chi connectivity index (χ1v) is 15.5. The van der Waals surface area contributed by atoms with E-state index in [0.717, 1.165) is 27.8 Å². The summed E-state index contributed by atoms with van der Waals surface area (Å²) in [5.41, 5.74) is 4.63. The van der Waals surface area contributed by atoms with Crippen molar-refractivity contribution in [1.29, 1.82) is 0 Å². The highest BCUT2D eigenvalue weighted by Gasteiger charge is 2.53. The molecule has 1 aliphatic heterocycles. The molecule has 5 heteroatoms. The van der Waals surface area contributed by atoms with Crippen LogP contribution in [0.15, 0.2) is 146 Å². The predicted molar refractivity (Wildman–Crippen MR) is 172 cm³/mol. The SMILES string of the molecule is O=C1C[C@H]2[C@@H](COC(c3ccccc3)(c3ccccc3)c3ccccc3)[C@H](OC(=O)c3ccc(-c4ccccc4)cc3)C[C@@H]2O1. The predicted octanol–water partition coefficient (Wildman–Crippen LogP) is 7.84. The molecule has 0 spiro atoms. The molecule has 0 unspecified atom stereocenters. The summed E-state index contributed by atoms with van der Waals surface area (Å²) in [6, 6.07) is 48.1. The second kappa shape index (κ2) is 12.5. The molecule has 5 aromatic rings. The molecule has 1 heterocycles. The number of carbonyl (C=O) groups is 2. The minimum Gasteiger partial charge on any atom is -0.462 e. The van der Waals surface area contributed by atoms with Crippen LogP contribution in [0.1, 0.15) is 39.9 Å². The van der Waals surface area contributed by atoms with Crippen LogP contribution in [0.25, 0.3) is 11.1 Å². The molecule has 2 aliphatic rings. The van der Waals surface area contributed by atoms with Gasteiger partial charge in [0.05, 0.1) is 18.6 Å². The van der Waals surface area contributed by atoms with Gasteiger partial charge in [-0.05, 0) is 39.9 Å². The lowest BCUT2D eigenvalue weighted by atomic mass is 9.79. The molecule has 7 rings (SSSR count). The molecule has 224 valence electrons. The topological polar surface area (TPSA) is 61.8 Å². The fraction of sp³-hybridized carbons (Fsp3) is 0.200. The number of fused-ring (bicyclic) bond motifs is 1. The third-order valence-electron chi connectivity index (χ3n) is 9.17. The highest BCUT2D eigenvalue weighted by atomic mass is 16.6. The minimum absolute atomic E-state index is 0.101. The standard InChI is InChI=1S/C40H34O5/c41-38-25-34-35(37(26-36(34)44-38)45-39(42)30-23-21-29(22-24-30)28-13-5-1-6-14-28)27-43-40(31-15-7-2-8-16-31,32-17-9-3-10-18-32)33-19-11-4-12-20-33/h1-24,34-37H,25-27H2/t34-,35+,36-,37+/m0/s1. The second-order valence-corrected chi connectivity index (χ2v) is 11.8. The Morgan fingerprint density at radius 3 is 1.69 bits per heavy atom. The molecule has 0 N–H and O–H groups in total. The Morgan fingerprint density at radius 2 is 1.16 bits per heavy atom. The fourth-order valence-electron chi connectivity index (χ4n) is 6.95. The first-order valence-electron chi connectivity index (χ1n) is 15.5. The van der Waals surface area contributed by atoms with E-state index >= 15 is 0 Å². The molecule has 0 bridgehead atoms. The van der Waals surface area contributed by atoms with Gasteiger partial charge in [0.25, 0.3) is 0 Å². The van der Waals surface area contributed by atoms with Crippen molar-refractivity contribution in [3.63, 3.8) is 0 Å². The smallest absolute Gasteiger partial charge is 0.338 e. The van der Waals surface area contributed by atoms with E-state index < -0.39 is 17.7 Å². The summed E-state index contributed by atoms with van der Waals surface area (Å²) < 4.78 is 19.0. The zero-order chi connectivity index (χ0) is 30.6. The zero-order valence-electron chi connectivity index (χ0n) is 24.8. The van der Waals surface area contributed by atoms with Crippen molar-refractivity contribution < 1.29 is 23.8 Å². The summed E-state index contributed by atoms with van der Waals surface area (Å²) in [4.78, 5) is 25.9. The van der Waals surface area contributed by atoms with Crippen LogP contribution in [0, 0.1) is 11.8 Å². The molecule has 4 atom stereocenters. The Labute approximate surface area is 263 Å². The van der Waals surface area contributed by atoms with Crippen LogP contribution >= 0.6 is 0 Å². The highest BCUT2D eigenvalue weighted by molar-refractivity contribution is 5.90. The summed E-state index contributed by atoms with van der Waals surface area (Å²) >= 11 is 0. The monoisotopic (exact) mass is 594 g/mol. The fourth-order valence-corrected chi connectivity index (χ4v) is 6.95. The van der Waals surface area contributed by atoms with Crippen molar-refractivity contribution in [2.75, 3.05) is 6.61 Å². The zero-order valence-corrected chi connectivity index (χ0v) is 24.8. The van der Waals surface area contributed by atoms with Crippen molar-refractivity contribution in [2.45, 2.75) is 30.7 Å². The number of rotatable bonds is 9. The van der Waals surface area contributed by atoms with Crippen LogP contribution in [0.3, 0.4) is 0 Å². The Morgan fingerprint density at radius 1 is 0.667 bits per heavy atom. The third-order valence-corrected chi connectivity index (χ3v) is 9.17. The van der Waals surface area contributed by atoms with Gasteiger partial charge in [-0.15, -0.1) is 0 Å². The summed E-state index contributed by atoms with van der Waals surface area (Å²) in [7, 11) is 0. The Bertz CT molecular complexity index is 1640. The number of esters is 2. The lowest BCUT2D eigenvalue weighted by Crippen LogP contribution is -2.38. The quantitative estimate of drug-likeness (QED) is 0.129. The molecule has 0 radical (unpaired) electrons. The molecule has 45 heavy (non-hydrogen) atoms. The van der Waals surface area contributed by atoms with Crippen LogP contribution in [-0.2, 0) is 24.6 Å². The molecule has 1 saturated carbocycles. The van der Waals surface area contributed by atoms with Crippen molar-refractivity contribution in [3.05, 3.63) is 168 Å². The lowest BCUT2D eigenvalue weighted by molar-refractivity contribution is -0.141. The number of hydrogen-bond donors (Lipinski definition) is 0. The largest absolute Gasteiger partial charge is 0.462 e. The second-order valence-electron chi connectivity index (χ2n) is 11.8. The first kappa shape index (κ1) is 28.8. The average Bonchev–Trinajstić information content (AvgIpc) is 3.62. The summed E-state index contributed by atoms with van der Waals surface area (Å²) in [5.74, 6) is -0.937. The van der Waals surface area contributed by atoms with E-state index in [9.17, 15) is 9.59 Å². The van der Waals surface area contributed by atoms with E-state index in [1.54, 1.807) is 12.1 Å². The van der Waals surface area contributed by atoms with E-state index in [4.69, 9.17) is 14.2 Å². The molecule has 5 nitrogen and oxygen atoms in total. The van der Waals surface area contributed by atoms with E-state index in [-0.39, 0.29) is 36.9 Å². The van der Waals surface area contributed by atoms with E-state index in [0.29, 0.717) is 12.0 Å². The van der Waals surface area contributed by atoms with Crippen molar-refractivity contribution >= 4 is 11.9 Å². The number of hydrogen-bond acceptors (Lipinski definition) is 5. The number of carbonyl (C=O) groups excluding carboxylic acids is 2. The normalized spacial score (nSPS) is 20.8. The molecule has 5 aromatic carbocycles. The third kappa shape index (κ3) is 5.67. The average molecular weight is 595 g/mol. The van der Waals surface area contributed by atoms with Crippen molar-refractivity contribution in [1.82, 2.24) is 0 Å². The number of benzene rings is 5. The summed E-state index contributed by atoms with van der Waals surface area (Å²) in [5, 5.41) is 0. The van der Waals surface area contributed by atoms with Gasteiger partial charge in [0, 0.05) is 18.3 Å². The maximum Gasteiger partial charge on any atom is 0.338 e. The molecule has 2 fully saturated rings. The molecule has 1 saturated heterocycles. The van der Waals surface area contributed by atoms with Gasteiger partial charge in [-0.3, -0.25) is 4.79 Å². The van der Waals surface area contributed by atoms with Gasteiger partial charge >= 0.3 is 11.9 Å². The van der Waals surface area contributed by atoms with Crippen LogP contribution < -0.4 is 0 Å². The lowest BCUT2D eigenvalue weighted by Gasteiger charge is -2.38. The molecular weight excluding hydrogens is 560 g/mol. The van der Waals surface area contributed by atoms with Crippen molar-refractivity contribution in [2.24, 2.45) is 11.8 Å². The van der Waals surface area contributed by atoms with Crippen molar-refractivity contribution in [3.8, 4) is 11.1 Å². The Hall–Kier alpha value is -5.00. The van der Waals surface area contributed by atoms with Gasteiger partial charge in [-0.25, -0.2) is 4.79 Å². The van der Waals surface area contributed by atoms with E-state index in [2.05, 4.69) is 36.4 Å². The maximum atomic E-state index is 13.5. The molecule has 1 aliphatic carbocycles. The molecule has 0 amide bonds. The van der Waals surface area contributed by atoms with Crippen LogP contribution in [0.5, 0.6) is 0 Å². The van der Waals surface area contributed by atoms with Crippen LogP contribution in [0.2, 0.25) is 0 Å². The first-order chi connectivity index (χ1) is 22.1. The number of ether oxygens (including phenoxy) is 3. The van der Waals surface area contributed by atoms with E-state index in [1.165, 1.54) is 0 Å². The summed E-state index contributed by atoms with van der Waals surface area (Å²) in [6.07, 6.45) is -0.0285. The molecule has 0 aromatic heterocycles. The summed E-state index contributed by atoms with van der Waals surface area (Å²) in [6.45, 7) is 0.265. The van der Waals surface area contributed by atoms with Crippen LogP contribution in [-0.4, -0.2) is 30.8 Å². The van der Waals surface area contributed by atoms with Gasteiger partial charge < -0.3 is 14.2 Å².